The van der Waals surface area contributed by atoms with Crippen LogP contribution in [0, 0.1) is 29.1 Å². The van der Waals surface area contributed by atoms with E-state index in [4.69, 9.17) is 0 Å². The van der Waals surface area contributed by atoms with Crippen molar-refractivity contribution in [3.8, 4) is 11.8 Å². The van der Waals surface area contributed by atoms with Gasteiger partial charge in [0.05, 0.1) is 16.7 Å². The minimum atomic E-state index is -1.02. The fourth-order valence-electron chi connectivity index (χ4n) is 4.54. The molecule has 0 aromatic carbocycles. The van der Waals surface area contributed by atoms with E-state index in [1.165, 1.54) is 0 Å². The third-order valence-electron chi connectivity index (χ3n) is 6.36. The van der Waals surface area contributed by atoms with Crippen molar-refractivity contribution in [1.82, 2.24) is 0 Å². The quantitative estimate of drug-likeness (QED) is 0.614. The molecular formula is C25H35NO4S. The molecule has 6 heteroatoms. The number of carboxylic acid groups (broad SMARTS) is 1. The number of rotatable bonds is 4. The second kappa shape index (κ2) is 9.75. The third kappa shape index (κ3) is 6.11. The first-order valence-electron chi connectivity index (χ1n) is 11.5. The van der Waals surface area contributed by atoms with E-state index in [0.29, 0.717) is 42.2 Å². The number of thiophene rings is 1. The van der Waals surface area contributed by atoms with Gasteiger partial charge >= 0.3 is 5.97 Å². The van der Waals surface area contributed by atoms with Crippen molar-refractivity contribution in [2.45, 2.75) is 91.2 Å². The van der Waals surface area contributed by atoms with Crippen molar-refractivity contribution in [2.24, 2.45) is 17.3 Å². The minimum Gasteiger partial charge on any atom is -0.477 e. The van der Waals surface area contributed by atoms with Gasteiger partial charge in [-0.3, -0.25) is 4.79 Å². The lowest BCUT2D eigenvalue weighted by Crippen LogP contribution is -2.47. The normalized spacial score (nSPS) is 26.6. The predicted molar refractivity (Wildman–Crippen MR) is 124 cm³/mol. The molecule has 0 spiro atoms. The highest BCUT2D eigenvalue weighted by Crippen LogP contribution is 2.38. The average molecular weight is 448 g/mol. The molecule has 170 valence electrons. The van der Waals surface area contributed by atoms with Gasteiger partial charge in [-0.1, -0.05) is 18.8 Å². The van der Waals surface area contributed by atoms with Crippen LogP contribution in [0.4, 0.5) is 5.69 Å². The van der Waals surface area contributed by atoms with E-state index in [2.05, 4.69) is 18.8 Å². The molecule has 0 aliphatic heterocycles. The highest BCUT2D eigenvalue weighted by Gasteiger charge is 2.37. The van der Waals surface area contributed by atoms with Gasteiger partial charge in [-0.05, 0) is 84.1 Å². The molecule has 3 rings (SSSR count). The number of aromatic carboxylic acids is 1. The summed E-state index contributed by atoms with van der Waals surface area (Å²) in [6, 6.07) is 1.72. The molecule has 5 nitrogen and oxygen atoms in total. The summed E-state index contributed by atoms with van der Waals surface area (Å²) >= 11 is 1.15. The Morgan fingerprint density at radius 2 is 1.74 bits per heavy atom. The maximum atomic E-state index is 13.7. The number of nitrogens with zero attached hydrogens (tertiary/aromatic N) is 1. The Kier molecular flexibility index (Phi) is 7.49. The van der Waals surface area contributed by atoms with Crippen molar-refractivity contribution >= 4 is 28.9 Å². The molecule has 2 fully saturated rings. The fourth-order valence-corrected chi connectivity index (χ4v) is 5.38. The maximum absolute atomic E-state index is 13.7. The molecule has 2 aliphatic rings. The molecule has 1 aromatic rings. The molecule has 0 atom stereocenters. The number of amides is 1. The number of carbonyl (C=O) groups excluding carboxylic acids is 1. The first-order valence-corrected chi connectivity index (χ1v) is 12.3. The van der Waals surface area contributed by atoms with Crippen LogP contribution < -0.4 is 4.90 Å². The topological polar surface area (TPSA) is 77.8 Å². The van der Waals surface area contributed by atoms with Crippen LogP contribution in [0.15, 0.2) is 6.07 Å². The van der Waals surface area contributed by atoms with Crippen LogP contribution in [0.5, 0.6) is 0 Å². The number of aliphatic hydroxyl groups excluding tert-OH is 1. The second-order valence-electron chi connectivity index (χ2n) is 10.3. The molecule has 0 unspecified atom stereocenters. The van der Waals surface area contributed by atoms with E-state index < -0.39 is 5.97 Å². The first kappa shape index (κ1) is 23.8. The molecule has 2 aliphatic carbocycles. The van der Waals surface area contributed by atoms with Gasteiger partial charge < -0.3 is 15.1 Å². The number of aliphatic hydroxyl groups is 1. The van der Waals surface area contributed by atoms with Gasteiger partial charge in [0.2, 0.25) is 5.91 Å². The Morgan fingerprint density at radius 1 is 1.13 bits per heavy atom. The van der Waals surface area contributed by atoms with Gasteiger partial charge in [0.15, 0.2) is 0 Å². The van der Waals surface area contributed by atoms with Crippen LogP contribution in [0.1, 0.15) is 93.6 Å². The predicted octanol–water partition coefficient (Wildman–Crippen LogP) is 5.31. The van der Waals surface area contributed by atoms with E-state index >= 15 is 0 Å². The summed E-state index contributed by atoms with van der Waals surface area (Å²) in [6.45, 7) is 8.27. The van der Waals surface area contributed by atoms with E-state index in [1.54, 1.807) is 11.0 Å². The van der Waals surface area contributed by atoms with Crippen molar-refractivity contribution in [2.75, 3.05) is 4.90 Å². The monoisotopic (exact) mass is 447 g/mol. The molecule has 0 saturated heterocycles. The Bertz CT molecular complexity index is 856. The number of hydrogen-bond acceptors (Lipinski definition) is 4. The molecule has 2 N–H and O–H groups in total. The molecule has 1 heterocycles. The van der Waals surface area contributed by atoms with Crippen LogP contribution in [0.25, 0.3) is 0 Å². The van der Waals surface area contributed by atoms with E-state index in [0.717, 1.165) is 37.0 Å². The van der Waals surface area contributed by atoms with E-state index in [9.17, 15) is 19.8 Å². The zero-order chi connectivity index (χ0) is 22.8. The summed E-state index contributed by atoms with van der Waals surface area (Å²) in [5.41, 5.74) is 0.294. The maximum Gasteiger partial charge on any atom is 0.348 e. The Morgan fingerprint density at radius 3 is 2.29 bits per heavy atom. The van der Waals surface area contributed by atoms with Gasteiger partial charge in [-0.15, -0.1) is 11.3 Å². The lowest BCUT2D eigenvalue weighted by molar-refractivity contribution is -0.124. The van der Waals surface area contributed by atoms with Gasteiger partial charge in [-0.25, -0.2) is 4.79 Å². The van der Waals surface area contributed by atoms with Crippen LogP contribution >= 0.6 is 11.3 Å². The minimum absolute atomic E-state index is 0.0453. The van der Waals surface area contributed by atoms with Crippen molar-refractivity contribution < 1.29 is 19.8 Å². The molecule has 0 bridgehead atoms. The van der Waals surface area contributed by atoms with Crippen LogP contribution in [-0.4, -0.2) is 34.2 Å². The molecule has 0 radical (unpaired) electrons. The number of carbonyl (C=O) groups is 2. The van der Waals surface area contributed by atoms with Gasteiger partial charge in [-0.2, -0.15) is 0 Å². The SMILES string of the molecule is CC1CCC(C(=O)N(c2cc(C#CC(C)(C)C)sc2[14C](=O)O)C2CCC(O)CC2)CC1. The lowest BCUT2D eigenvalue weighted by Gasteiger charge is -2.38. The molecule has 1 aromatic heterocycles. The highest BCUT2D eigenvalue weighted by molar-refractivity contribution is 7.15. The Hall–Kier alpha value is -1.84. The summed E-state index contributed by atoms with van der Waals surface area (Å²) in [7, 11) is 0. The van der Waals surface area contributed by atoms with E-state index in [1.807, 2.05) is 20.8 Å². The van der Waals surface area contributed by atoms with Gasteiger partial charge in [0.25, 0.3) is 0 Å². The fraction of sp³-hybridized carbons (Fsp3) is 0.680. The number of anilines is 1. The van der Waals surface area contributed by atoms with E-state index in [-0.39, 0.29) is 34.3 Å². The number of carboxylic acids is 1. The largest absolute Gasteiger partial charge is 0.477 e. The number of hydrogen-bond donors (Lipinski definition) is 2. The smallest absolute Gasteiger partial charge is 0.348 e. The summed E-state index contributed by atoms with van der Waals surface area (Å²) < 4.78 is 0. The Labute approximate surface area is 189 Å². The second-order valence-corrected chi connectivity index (χ2v) is 11.3. The summed E-state index contributed by atoms with van der Waals surface area (Å²) in [5, 5.41) is 19.9. The summed E-state index contributed by atoms with van der Waals surface area (Å²) in [4.78, 5) is 28.5. The molecule has 1 amide bonds. The third-order valence-corrected chi connectivity index (χ3v) is 7.39. The highest BCUT2D eigenvalue weighted by atomic mass is 32.1. The Balaban J connectivity index is 1.99. The van der Waals surface area contributed by atoms with Crippen LogP contribution in [-0.2, 0) is 4.79 Å². The summed E-state index contributed by atoms with van der Waals surface area (Å²) in [6.07, 6.45) is 6.10. The standard InChI is InChI=1S/C25H35NO4S/c1-16-5-7-17(8-6-16)23(28)26(18-9-11-19(27)12-10-18)21-15-20(13-14-25(2,3)4)31-22(21)24(29)30/h15-19,27H,5-12H2,1-4H3,(H,29,30)/i24+2. The van der Waals surface area contributed by atoms with Crippen molar-refractivity contribution in [3.63, 3.8) is 0 Å². The summed E-state index contributed by atoms with van der Waals surface area (Å²) in [5.74, 6) is 5.89. The molecule has 2 saturated carbocycles. The lowest BCUT2D eigenvalue weighted by atomic mass is 9.81. The molecular weight excluding hydrogens is 412 g/mol. The van der Waals surface area contributed by atoms with Gasteiger partial charge in [0, 0.05) is 17.4 Å². The molecule has 31 heavy (non-hydrogen) atoms. The zero-order valence-corrected chi connectivity index (χ0v) is 19.9. The van der Waals surface area contributed by atoms with Gasteiger partial charge in [0.1, 0.15) is 4.88 Å². The first-order chi connectivity index (χ1) is 14.5. The van der Waals surface area contributed by atoms with Crippen molar-refractivity contribution in [3.05, 3.63) is 15.8 Å². The average Bonchev–Trinajstić information content (AvgIpc) is 3.12. The van der Waals surface area contributed by atoms with Crippen LogP contribution in [0.2, 0.25) is 0 Å². The van der Waals surface area contributed by atoms with Crippen LogP contribution in [0.3, 0.4) is 0 Å². The van der Waals surface area contributed by atoms with Crippen molar-refractivity contribution in [1.29, 1.82) is 0 Å². The zero-order valence-electron chi connectivity index (χ0n) is 19.1.